The van der Waals surface area contributed by atoms with E-state index in [1.165, 1.54) is 10.4 Å². The number of nitrogens with zero attached hydrogens (tertiary/aromatic N) is 3. The Bertz CT molecular complexity index is 1120. The average molecular weight is 408 g/mol. The van der Waals surface area contributed by atoms with E-state index >= 15 is 0 Å². The highest BCUT2D eigenvalue weighted by Gasteiger charge is 2.14. The Labute approximate surface area is 172 Å². The van der Waals surface area contributed by atoms with Crippen molar-refractivity contribution in [3.8, 4) is 0 Å². The Morgan fingerprint density at radius 1 is 1.11 bits per heavy atom. The van der Waals surface area contributed by atoms with Crippen LogP contribution in [0.25, 0.3) is 10.2 Å². The van der Waals surface area contributed by atoms with Crippen LogP contribution in [-0.4, -0.2) is 14.5 Å². The van der Waals surface area contributed by atoms with Gasteiger partial charge in [-0.05, 0) is 36.1 Å². The zero-order valence-corrected chi connectivity index (χ0v) is 17.3. The normalized spacial score (nSPS) is 11.2. The topological polar surface area (TPSA) is 47.8 Å². The lowest BCUT2D eigenvalue weighted by atomic mass is 10.1. The molecule has 3 heterocycles. The highest BCUT2D eigenvalue weighted by atomic mass is 32.2. The summed E-state index contributed by atoms with van der Waals surface area (Å²) < 4.78 is 1.84. The summed E-state index contributed by atoms with van der Waals surface area (Å²) in [6.07, 6.45) is 5.35. The van der Waals surface area contributed by atoms with Crippen LogP contribution in [0, 0.1) is 0 Å². The summed E-state index contributed by atoms with van der Waals surface area (Å²) >= 11 is 3.22. The smallest absolute Gasteiger partial charge is 0.262 e. The Balaban J connectivity index is 1.68. The largest absolute Gasteiger partial charge is 0.287 e. The lowest BCUT2D eigenvalue weighted by Gasteiger charge is -2.12. The Morgan fingerprint density at radius 3 is 2.68 bits per heavy atom. The molecule has 4 aromatic rings. The quantitative estimate of drug-likeness (QED) is 0.321. The number of pyridine rings is 1. The summed E-state index contributed by atoms with van der Waals surface area (Å²) in [5.41, 5.74) is 2.40. The predicted octanol–water partition coefficient (Wildman–Crippen LogP) is 4.95. The lowest BCUT2D eigenvalue weighted by Crippen LogP contribution is -2.23. The number of aromatic nitrogens is 3. The van der Waals surface area contributed by atoms with Gasteiger partial charge in [-0.15, -0.1) is 11.3 Å². The van der Waals surface area contributed by atoms with E-state index in [9.17, 15) is 4.79 Å². The second-order valence-electron chi connectivity index (χ2n) is 6.52. The molecule has 0 aliphatic heterocycles. The monoisotopic (exact) mass is 407 g/mol. The van der Waals surface area contributed by atoms with Crippen LogP contribution >= 0.6 is 23.1 Å². The molecule has 0 aliphatic carbocycles. The molecule has 0 unspecified atom stereocenters. The van der Waals surface area contributed by atoms with Gasteiger partial charge in [0.2, 0.25) is 0 Å². The minimum Gasteiger partial charge on any atom is -0.287 e. The SMILES string of the molecule is CCc1cc2c(=O)n(CCc3ccccc3)c(SCc3cccnc3)nc2s1. The second kappa shape index (κ2) is 8.71. The summed E-state index contributed by atoms with van der Waals surface area (Å²) in [6.45, 7) is 2.73. The van der Waals surface area contributed by atoms with Gasteiger partial charge in [0.1, 0.15) is 4.83 Å². The van der Waals surface area contributed by atoms with E-state index in [1.54, 1.807) is 29.3 Å². The standard InChI is InChI=1S/C22H21N3OS2/c1-2-18-13-19-20(28-18)24-22(27-15-17-9-6-11-23-14-17)25(21(19)26)12-10-16-7-4-3-5-8-16/h3-9,11,13-14H,2,10,12,15H2,1H3. The van der Waals surface area contributed by atoms with E-state index in [0.717, 1.165) is 39.5 Å². The van der Waals surface area contributed by atoms with E-state index < -0.39 is 0 Å². The molecule has 0 amide bonds. The average Bonchev–Trinajstić information content (AvgIpc) is 3.17. The number of aryl methyl sites for hydroxylation is 2. The van der Waals surface area contributed by atoms with Crippen LogP contribution < -0.4 is 5.56 Å². The van der Waals surface area contributed by atoms with Gasteiger partial charge in [-0.25, -0.2) is 4.98 Å². The van der Waals surface area contributed by atoms with Crippen molar-refractivity contribution >= 4 is 33.3 Å². The molecular formula is C22H21N3OS2. The molecule has 4 nitrogen and oxygen atoms in total. The fourth-order valence-corrected chi connectivity index (χ4v) is 5.01. The first kappa shape index (κ1) is 18.9. The van der Waals surface area contributed by atoms with E-state index in [0.29, 0.717) is 6.54 Å². The first-order valence-electron chi connectivity index (χ1n) is 9.33. The van der Waals surface area contributed by atoms with Crippen LogP contribution in [0.1, 0.15) is 22.9 Å². The van der Waals surface area contributed by atoms with Crippen molar-refractivity contribution in [1.82, 2.24) is 14.5 Å². The molecule has 142 valence electrons. The molecule has 4 rings (SSSR count). The molecule has 0 bridgehead atoms. The number of benzene rings is 1. The van der Waals surface area contributed by atoms with Crippen LogP contribution in [-0.2, 0) is 25.1 Å². The summed E-state index contributed by atoms with van der Waals surface area (Å²) in [4.78, 5) is 24.3. The van der Waals surface area contributed by atoms with Gasteiger partial charge in [0.05, 0.1) is 5.39 Å². The van der Waals surface area contributed by atoms with Gasteiger partial charge < -0.3 is 0 Å². The van der Waals surface area contributed by atoms with Gasteiger partial charge in [0, 0.05) is 29.6 Å². The number of hydrogen-bond acceptors (Lipinski definition) is 5. The van der Waals surface area contributed by atoms with Crippen LogP contribution in [0.15, 0.2) is 70.9 Å². The van der Waals surface area contributed by atoms with Crippen molar-refractivity contribution in [2.24, 2.45) is 0 Å². The van der Waals surface area contributed by atoms with Gasteiger partial charge in [-0.1, -0.05) is 55.1 Å². The third kappa shape index (κ3) is 4.18. The maximum absolute atomic E-state index is 13.2. The van der Waals surface area contributed by atoms with E-state index in [2.05, 4.69) is 24.0 Å². The lowest BCUT2D eigenvalue weighted by molar-refractivity contribution is 0.596. The van der Waals surface area contributed by atoms with Gasteiger partial charge in [0.15, 0.2) is 5.16 Å². The van der Waals surface area contributed by atoms with Crippen LogP contribution in [0.4, 0.5) is 0 Å². The number of thiophene rings is 1. The molecule has 0 fully saturated rings. The zero-order valence-electron chi connectivity index (χ0n) is 15.7. The fourth-order valence-electron chi connectivity index (χ4n) is 3.05. The number of hydrogen-bond donors (Lipinski definition) is 0. The second-order valence-corrected chi connectivity index (χ2v) is 8.58. The van der Waals surface area contributed by atoms with Gasteiger partial charge in [0.25, 0.3) is 5.56 Å². The minimum atomic E-state index is 0.0607. The number of thioether (sulfide) groups is 1. The molecule has 0 saturated carbocycles. The third-order valence-corrected chi connectivity index (χ3v) is 6.79. The van der Waals surface area contributed by atoms with Gasteiger partial charge in [-0.2, -0.15) is 0 Å². The van der Waals surface area contributed by atoms with E-state index in [1.807, 2.05) is 47.2 Å². The van der Waals surface area contributed by atoms with E-state index in [-0.39, 0.29) is 5.56 Å². The Morgan fingerprint density at radius 2 is 1.93 bits per heavy atom. The van der Waals surface area contributed by atoms with Crippen molar-refractivity contribution in [3.05, 3.63) is 87.3 Å². The maximum Gasteiger partial charge on any atom is 0.262 e. The molecule has 0 spiro atoms. The van der Waals surface area contributed by atoms with Crippen LogP contribution in [0.3, 0.4) is 0 Å². The summed E-state index contributed by atoms with van der Waals surface area (Å²) in [5.74, 6) is 0.739. The highest BCUT2D eigenvalue weighted by molar-refractivity contribution is 7.98. The number of rotatable bonds is 7. The molecule has 1 aromatic carbocycles. The molecule has 0 N–H and O–H groups in total. The van der Waals surface area contributed by atoms with Crippen molar-refractivity contribution in [1.29, 1.82) is 0 Å². The number of fused-ring (bicyclic) bond motifs is 1. The Kier molecular flexibility index (Phi) is 5.88. The summed E-state index contributed by atoms with van der Waals surface area (Å²) in [5, 5.41) is 1.52. The van der Waals surface area contributed by atoms with Gasteiger partial charge in [-0.3, -0.25) is 14.3 Å². The molecule has 0 saturated heterocycles. The predicted molar refractivity (Wildman–Crippen MR) is 117 cm³/mol. The minimum absolute atomic E-state index is 0.0607. The third-order valence-electron chi connectivity index (χ3n) is 4.57. The molecular weight excluding hydrogens is 386 g/mol. The van der Waals surface area contributed by atoms with Crippen molar-refractivity contribution in [2.45, 2.75) is 37.2 Å². The van der Waals surface area contributed by atoms with E-state index in [4.69, 9.17) is 4.98 Å². The molecule has 0 aliphatic rings. The van der Waals surface area contributed by atoms with Crippen molar-refractivity contribution in [3.63, 3.8) is 0 Å². The molecule has 3 aromatic heterocycles. The van der Waals surface area contributed by atoms with Gasteiger partial charge >= 0.3 is 0 Å². The van der Waals surface area contributed by atoms with Crippen molar-refractivity contribution in [2.75, 3.05) is 0 Å². The van der Waals surface area contributed by atoms with Crippen LogP contribution in [0.5, 0.6) is 0 Å². The Hall–Kier alpha value is -2.44. The molecule has 6 heteroatoms. The molecule has 0 radical (unpaired) electrons. The summed E-state index contributed by atoms with van der Waals surface area (Å²) in [6, 6.07) is 16.2. The van der Waals surface area contributed by atoms with Crippen LogP contribution in [0.2, 0.25) is 0 Å². The maximum atomic E-state index is 13.2. The summed E-state index contributed by atoms with van der Waals surface area (Å²) in [7, 11) is 0. The molecule has 28 heavy (non-hydrogen) atoms. The van der Waals surface area contributed by atoms with Crippen molar-refractivity contribution < 1.29 is 0 Å². The molecule has 0 atom stereocenters. The fraction of sp³-hybridized carbons (Fsp3) is 0.227. The zero-order chi connectivity index (χ0) is 19.3. The highest BCUT2D eigenvalue weighted by Crippen LogP contribution is 2.27. The first-order chi connectivity index (χ1) is 13.7. The first-order valence-corrected chi connectivity index (χ1v) is 11.1.